The van der Waals surface area contributed by atoms with Crippen LogP contribution >= 0.6 is 12.2 Å². The molecule has 1 aliphatic rings. The maximum Gasteiger partial charge on any atom is 0.169 e. The maximum absolute atomic E-state index is 13.9. The second-order valence-electron chi connectivity index (χ2n) is 5.96. The molecule has 0 spiro atoms. The molecule has 24 heavy (non-hydrogen) atoms. The van der Waals surface area contributed by atoms with Gasteiger partial charge in [0, 0.05) is 24.7 Å². The van der Waals surface area contributed by atoms with E-state index in [9.17, 15) is 4.39 Å². The van der Waals surface area contributed by atoms with E-state index >= 15 is 0 Å². The molecule has 3 rings (SSSR count). The number of thiocarbonyl (C=S) groups is 1. The average molecular weight is 344 g/mol. The van der Waals surface area contributed by atoms with E-state index in [1.165, 1.54) is 6.07 Å². The number of halogens is 1. The molecule has 3 nitrogen and oxygen atoms in total. The van der Waals surface area contributed by atoms with Gasteiger partial charge in [-0.25, -0.2) is 4.39 Å². The Labute approximate surface area is 147 Å². The van der Waals surface area contributed by atoms with Crippen molar-refractivity contribution in [3.63, 3.8) is 0 Å². The van der Waals surface area contributed by atoms with Gasteiger partial charge < -0.3 is 15.0 Å². The van der Waals surface area contributed by atoms with Gasteiger partial charge in [0.2, 0.25) is 0 Å². The molecule has 0 atom stereocenters. The van der Waals surface area contributed by atoms with Crippen LogP contribution in [-0.4, -0.2) is 23.2 Å². The molecule has 1 N–H and O–H groups in total. The smallest absolute Gasteiger partial charge is 0.169 e. The first-order valence-electron chi connectivity index (χ1n) is 8.08. The van der Waals surface area contributed by atoms with Crippen LogP contribution in [0.5, 0.6) is 5.75 Å². The zero-order valence-electron chi connectivity index (χ0n) is 13.7. The van der Waals surface area contributed by atoms with E-state index in [-0.39, 0.29) is 5.82 Å². The molecule has 0 bridgehead atoms. The lowest BCUT2D eigenvalue weighted by Gasteiger charge is -2.26. The third-order valence-corrected chi connectivity index (χ3v) is 4.53. The minimum atomic E-state index is -0.180. The first-order chi connectivity index (χ1) is 11.7. The third-order valence-electron chi connectivity index (χ3n) is 4.15. The van der Waals surface area contributed by atoms with Crippen molar-refractivity contribution >= 4 is 17.3 Å². The van der Waals surface area contributed by atoms with Gasteiger partial charge in [-0.15, -0.1) is 0 Å². The molecule has 0 aliphatic heterocycles. The molecule has 0 amide bonds. The van der Waals surface area contributed by atoms with Crippen LogP contribution in [0.1, 0.15) is 24.0 Å². The number of rotatable bonds is 6. The summed E-state index contributed by atoms with van der Waals surface area (Å²) in [7, 11) is 1.65. The van der Waals surface area contributed by atoms with Crippen LogP contribution < -0.4 is 10.1 Å². The molecule has 0 heterocycles. The number of ether oxygens (including phenoxy) is 1. The molecular formula is C19H21FN2OS. The van der Waals surface area contributed by atoms with Crippen molar-refractivity contribution < 1.29 is 9.13 Å². The number of hydrogen-bond acceptors (Lipinski definition) is 2. The molecule has 5 heteroatoms. The summed E-state index contributed by atoms with van der Waals surface area (Å²) < 4.78 is 19.1. The van der Waals surface area contributed by atoms with Crippen LogP contribution in [0.4, 0.5) is 4.39 Å². The SMILES string of the molecule is COc1ccc(CNC(=S)N(Cc2ccccc2F)C2CC2)cc1. The van der Waals surface area contributed by atoms with Crippen molar-refractivity contribution in [3.05, 3.63) is 65.5 Å². The lowest BCUT2D eigenvalue weighted by Crippen LogP contribution is -2.40. The molecular weight excluding hydrogens is 323 g/mol. The summed E-state index contributed by atoms with van der Waals surface area (Å²) in [6.45, 7) is 1.15. The second kappa shape index (κ2) is 7.62. The van der Waals surface area contributed by atoms with Gasteiger partial charge in [0.15, 0.2) is 5.11 Å². The first kappa shape index (κ1) is 16.7. The summed E-state index contributed by atoms with van der Waals surface area (Å²) in [5.41, 5.74) is 1.80. The van der Waals surface area contributed by atoms with E-state index in [4.69, 9.17) is 17.0 Å². The van der Waals surface area contributed by atoms with Gasteiger partial charge in [0.05, 0.1) is 7.11 Å². The van der Waals surface area contributed by atoms with Crippen LogP contribution in [0, 0.1) is 5.82 Å². The van der Waals surface area contributed by atoms with E-state index < -0.39 is 0 Å². The minimum absolute atomic E-state index is 0.180. The van der Waals surface area contributed by atoms with Crippen LogP contribution in [-0.2, 0) is 13.1 Å². The highest BCUT2D eigenvalue weighted by Crippen LogP contribution is 2.29. The van der Waals surface area contributed by atoms with Gasteiger partial charge in [-0.1, -0.05) is 30.3 Å². The summed E-state index contributed by atoms with van der Waals surface area (Å²) in [6.07, 6.45) is 2.22. The van der Waals surface area contributed by atoms with Crippen LogP contribution in [0.15, 0.2) is 48.5 Å². The minimum Gasteiger partial charge on any atom is -0.497 e. The molecule has 1 fully saturated rings. The fraction of sp³-hybridized carbons (Fsp3) is 0.316. The molecule has 0 aromatic heterocycles. The monoisotopic (exact) mass is 344 g/mol. The lowest BCUT2D eigenvalue weighted by atomic mass is 10.2. The quantitative estimate of drug-likeness (QED) is 0.804. The third kappa shape index (κ3) is 4.23. The summed E-state index contributed by atoms with van der Waals surface area (Å²) >= 11 is 5.55. The normalized spacial score (nSPS) is 13.4. The van der Waals surface area contributed by atoms with Crippen LogP contribution in [0.25, 0.3) is 0 Å². The van der Waals surface area contributed by atoms with Crippen molar-refractivity contribution in [2.75, 3.05) is 7.11 Å². The Kier molecular flexibility index (Phi) is 5.30. The van der Waals surface area contributed by atoms with Crippen molar-refractivity contribution in [1.82, 2.24) is 10.2 Å². The summed E-state index contributed by atoms with van der Waals surface area (Å²) in [5, 5.41) is 3.97. The number of methoxy groups -OCH3 is 1. The summed E-state index contributed by atoms with van der Waals surface area (Å²) in [5.74, 6) is 0.654. The topological polar surface area (TPSA) is 24.5 Å². The van der Waals surface area contributed by atoms with Crippen LogP contribution in [0.3, 0.4) is 0 Å². The fourth-order valence-corrected chi connectivity index (χ4v) is 2.87. The first-order valence-corrected chi connectivity index (χ1v) is 8.49. The molecule has 0 unspecified atom stereocenters. The zero-order chi connectivity index (χ0) is 16.9. The molecule has 0 saturated heterocycles. The highest BCUT2D eigenvalue weighted by Gasteiger charge is 2.31. The van der Waals surface area contributed by atoms with Crippen molar-refractivity contribution in [2.24, 2.45) is 0 Å². The zero-order valence-corrected chi connectivity index (χ0v) is 14.5. The van der Waals surface area contributed by atoms with Gasteiger partial charge in [-0.05, 0) is 48.8 Å². The van der Waals surface area contributed by atoms with Gasteiger partial charge in [0.1, 0.15) is 11.6 Å². The maximum atomic E-state index is 13.9. The van der Waals surface area contributed by atoms with Gasteiger partial charge in [0.25, 0.3) is 0 Å². The molecule has 126 valence electrons. The highest BCUT2D eigenvalue weighted by atomic mass is 32.1. The standard InChI is InChI=1S/C19H21FN2OS/c1-23-17-10-6-14(7-11-17)12-21-19(24)22(16-8-9-16)13-15-4-2-3-5-18(15)20/h2-7,10-11,16H,8-9,12-13H2,1H3,(H,21,24). The Morgan fingerprint density at radius 2 is 1.92 bits per heavy atom. The molecule has 0 radical (unpaired) electrons. The van der Waals surface area contributed by atoms with Crippen molar-refractivity contribution in [3.8, 4) is 5.75 Å². The Balaban J connectivity index is 1.61. The van der Waals surface area contributed by atoms with Crippen LogP contribution in [0.2, 0.25) is 0 Å². The Morgan fingerprint density at radius 3 is 2.54 bits per heavy atom. The van der Waals surface area contributed by atoms with E-state index in [0.29, 0.717) is 29.8 Å². The predicted octanol–water partition coefficient (Wildman–Crippen LogP) is 3.87. The number of nitrogens with one attached hydrogen (secondary N) is 1. The summed E-state index contributed by atoms with van der Waals surface area (Å²) in [4.78, 5) is 2.09. The Morgan fingerprint density at radius 1 is 1.21 bits per heavy atom. The number of benzene rings is 2. The van der Waals surface area contributed by atoms with E-state index in [2.05, 4.69) is 10.2 Å². The molecule has 1 aliphatic carbocycles. The predicted molar refractivity (Wildman–Crippen MR) is 97.4 cm³/mol. The lowest BCUT2D eigenvalue weighted by molar-refractivity contribution is 0.387. The highest BCUT2D eigenvalue weighted by molar-refractivity contribution is 7.80. The van der Waals surface area contributed by atoms with E-state index in [1.807, 2.05) is 36.4 Å². The number of nitrogens with zero attached hydrogens (tertiary/aromatic N) is 1. The molecule has 2 aromatic carbocycles. The fourth-order valence-electron chi connectivity index (χ4n) is 2.59. The largest absolute Gasteiger partial charge is 0.497 e. The van der Waals surface area contributed by atoms with Gasteiger partial charge in [-0.3, -0.25) is 0 Å². The average Bonchev–Trinajstić information content (AvgIpc) is 3.44. The van der Waals surface area contributed by atoms with Gasteiger partial charge >= 0.3 is 0 Å². The van der Waals surface area contributed by atoms with E-state index in [1.54, 1.807) is 13.2 Å². The molecule has 2 aromatic rings. The second-order valence-corrected chi connectivity index (χ2v) is 6.34. The Bertz CT molecular complexity index is 701. The Hall–Kier alpha value is -2.14. The van der Waals surface area contributed by atoms with Crippen molar-refractivity contribution in [2.45, 2.75) is 32.0 Å². The van der Waals surface area contributed by atoms with Crippen molar-refractivity contribution in [1.29, 1.82) is 0 Å². The van der Waals surface area contributed by atoms with Gasteiger partial charge in [-0.2, -0.15) is 0 Å². The number of hydrogen-bond donors (Lipinski definition) is 1. The van der Waals surface area contributed by atoms with E-state index in [0.717, 1.165) is 24.2 Å². The summed E-state index contributed by atoms with van der Waals surface area (Å²) in [6, 6.07) is 15.2. The molecule has 1 saturated carbocycles.